The first-order valence-corrected chi connectivity index (χ1v) is 23.8. The zero-order valence-electron chi connectivity index (χ0n) is 37.8. The van der Waals surface area contributed by atoms with Crippen LogP contribution in [-0.4, -0.2) is 28.2 Å². The van der Waals surface area contributed by atoms with E-state index in [4.69, 9.17) is 9.97 Å². The molecule has 0 saturated heterocycles. The van der Waals surface area contributed by atoms with Crippen LogP contribution in [0.1, 0.15) is 0 Å². The van der Waals surface area contributed by atoms with Gasteiger partial charge >= 0.3 is 0 Å². The summed E-state index contributed by atoms with van der Waals surface area (Å²) in [5, 5.41) is 9.31. The fourth-order valence-corrected chi connectivity index (χ4v) is 11.4. The van der Waals surface area contributed by atoms with E-state index in [2.05, 4.69) is 261 Å². The van der Waals surface area contributed by atoms with Gasteiger partial charge in [0, 0.05) is 66.1 Å². The van der Waals surface area contributed by atoms with E-state index in [1.807, 2.05) is 0 Å². The highest BCUT2D eigenvalue weighted by atomic mass is 15.2. The predicted molar refractivity (Wildman–Crippen MR) is 290 cm³/mol. The summed E-state index contributed by atoms with van der Waals surface area (Å²) in [6.07, 6.45) is 0. The molecule has 6 heteroatoms. The van der Waals surface area contributed by atoms with Crippen LogP contribution in [0.3, 0.4) is 0 Å². The van der Waals surface area contributed by atoms with Crippen molar-refractivity contribution in [2.45, 2.75) is 0 Å². The molecule has 0 saturated carbocycles. The summed E-state index contributed by atoms with van der Waals surface area (Å²) >= 11 is 0. The monoisotopic (exact) mass is 892 g/mol. The van der Waals surface area contributed by atoms with Crippen LogP contribution >= 0.6 is 0 Å². The van der Waals surface area contributed by atoms with Crippen LogP contribution in [0, 0.1) is 0 Å². The lowest BCUT2D eigenvalue weighted by atomic mass is 10.0. The molecule has 0 fully saturated rings. The van der Waals surface area contributed by atoms with Crippen molar-refractivity contribution in [1.29, 1.82) is 0 Å². The number of para-hydroxylation sites is 6. The molecule has 0 atom stereocenters. The Labute approximate surface area is 401 Å². The number of aromatic nitrogens is 6. The van der Waals surface area contributed by atoms with Gasteiger partial charge in [0.2, 0.25) is 5.95 Å². The second-order valence-corrected chi connectivity index (χ2v) is 18.1. The maximum atomic E-state index is 5.81. The summed E-state index contributed by atoms with van der Waals surface area (Å²) in [6, 6.07) is 87.1. The van der Waals surface area contributed by atoms with Crippen molar-refractivity contribution >= 4 is 87.2 Å². The molecule has 0 N–H and O–H groups in total. The maximum absolute atomic E-state index is 5.81. The van der Waals surface area contributed by atoms with E-state index in [0.29, 0.717) is 5.95 Å². The average molecular weight is 893 g/mol. The lowest BCUT2D eigenvalue weighted by Gasteiger charge is -2.15. The molecule has 0 aliphatic heterocycles. The van der Waals surface area contributed by atoms with E-state index >= 15 is 0 Å². The molecule has 70 heavy (non-hydrogen) atoms. The highest BCUT2D eigenvalue weighted by Gasteiger charge is 2.25. The first-order chi connectivity index (χ1) is 34.8. The van der Waals surface area contributed by atoms with Crippen LogP contribution in [0.5, 0.6) is 0 Å². The Kier molecular flexibility index (Phi) is 8.26. The number of hydrogen-bond donors (Lipinski definition) is 0. The minimum Gasteiger partial charge on any atom is -0.309 e. The van der Waals surface area contributed by atoms with Crippen molar-refractivity contribution in [3.05, 3.63) is 243 Å². The van der Waals surface area contributed by atoms with Gasteiger partial charge in [-0.05, 0) is 71.8 Å². The number of hydrogen-bond acceptors (Lipinski definition) is 2. The second-order valence-electron chi connectivity index (χ2n) is 18.1. The summed E-state index contributed by atoms with van der Waals surface area (Å²) in [5.74, 6) is 1.38. The molecule has 0 radical (unpaired) electrons. The van der Waals surface area contributed by atoms with Crippen LogP contribution in [0.4, 0.5) is 0 Å². The van der Waals surface area contributed by atoms with Crippen LogP contribution < -0.4 is 0 Å². The van der Waals surface area contributed by atoms with Gasteiger partial charge in [0.05, 0.1) is 49.8 Å². The summed E-state index contributed by atoms with van der Waals surface area (Å²) in [7, 11) is 0. The van der Waals surface area contributed by atoms with Crippen molar-refractivity contribution in [2.24, 2.45) is 0 Å². The lowest BCUT2D eigenvalue weighted by molar-refractivity contribution is 0.954. The van der Waals surface area contributed by atoms with Gasteiger partial charge < -0.3 is 9.13 Å². The smallest absolute Gasteiger partial charge is 0.237 e. The quantitative estimate of drug-likeness (QED) is 0.167. The molecule has 6 nitrogen and oxygen atoms in total. The van der Waals surface area contributed by atoms with E-state index in [9.17, 15) is 0 Å². The van der Waals surface area contributed by atoms with Crippen molar-refractivity contribution < 1.29 is 0 Å². The standard InChI is InChI=1S/C64H40N6/c1-4-18-41(19-5-1)42-32-34-43(35-33-42)52-40-59(69-53-28-14-10-24-46(53)48-36-38-57-60(62(48)69)50-26-12-16-30-55(50)67(57)44-20-6-2-7-21-44)66-64(65-52)70-54-29-15-11-25-47(54)49-37-39-58-61(63(49)70)51-27-13-17-31-56(51)68(58)45-22-8-3-9-23-45/h1-40H. The third-order valence-corrected chi connectivity index (χ3v) is 14.4. The minimum atomic E-state index is 0.597. The molecule has 0 aliphatic rings. The van der Waals surface area contributed by atoms with Crippen molar-refractivity contribution in [3.63, 3.8) is 0 Å². The van der Waals surface area contributed by atoms with Gasteiger partial charge in [-0.15, -0.1) is 0 Å². The molecule has 5 heterocycles. The first-order valence-electron chi connectivity index (χ1n) is 23.8. The third-order valence-electron chi connectivity index (χ3n) is 14.4. The molecule has 15 aromatic rings. The number of benzene rings is 10. The lowest BCUT2D eigenvalue weighted by Crippen LogP contribution is -2.07. The summed E-state index contributed by atoms with van der Waals surface area (Å²) in [6.45, 7) is 0. The van der Waals surface area contributed by atoms with Crippen LogP contribution in [0.25, 0.3) is 133 Å². The fourth-order valence-electron chi connectivity index (χ4n) is 11.4. The molecule has 0 bridgehead atoms. The molecule has 0 aliphatic carbocycles. The van der Waals surface area contributed by atoms with Crippen LogP contribution in [0.2, 0.25) is 0 Å². The Morgan fingerprint density at radius 2 is 0.657 bits per heavy atom. The van der Waals surface area contributed by atoms with Crippen molar-refractivity contribution in [3.8, 4) is 45.5 Å². The largest absolute Gasteiger partial charge is 0.309 e. The topological polar surface area (TPSA) is 45.5 Å². The molecule has 5 aromatic heterocycles. The SMILES string of the molecule is c1ccc(-c2ccc(-c3cc(-n4c5ccccc5c5ccc6c(c7ccccc7n6-c6ccccc6)c54)nc(-n4c5ccccc5c5ccc6c(c7ccccc7n6-c6ccccc6)c54)n3)cc2)cc1. The van der Waals surface area contributed by atoms with Crippen molar-refractivity contribution in [1.82, 2.24) is 28.2 Å². The van der Waals surface area contributed by atoms with Crippen LogP contribution in [0.15, 0.2) is 243 Å². The highest BCUT2D eigenvalue weighted by molar-refractivity contribution is 6.27. The minimum absolute atomic E-state index is 0.597. The predicted octanol–water partition coefficient (Wildman–Crippen LogP) is 16.2. The first kappa shape index (κ1) is 38.6. The summed E-state index contributed by atoms with van der Waals surface area (Å²) in [4.78, 5) is 11.5. The number of rotatable bonds is 6. The molecular formula is C64H40N6. The Hall–Kier alpha value is -9.52. The molecular weight excluding hydrogens is 853 g/mol. The zero-order chi connectivity index (χ0) is 45.9. The Morgan fingerprint density at radius 1 is 0.257 bits per heavy atom. The highest BCUT2D eigenvalue weighted by Crippen LogP contribution is 2.44. The van der Waals surface area contributed by atoms with Gasteiger partial charge in [-0.3, -0.25) is 9.13 Å². The van der Waals surface area contributed by atoms with Gasteiger partial charge in [0.15, 0.2) is 0 Å². The second kappa shape index (κ2) is 15.0. The number of nitrogens with zero attached hydrogens (tertiary/aromatic N) is 6. The van der Waals surface area contributed by atoms with E-state index in [1.54, 1.807) is 0 Å². The van der Waals surface area contributed by atoms with E-state index < -0.39 is 0 Å². The Bertz CT molecular complexity index is 4310. The summed E-state index contributed by atoms with van der Waals surface area (Å²) < 4.78 is 9.50. The van der Waals surface area contributed by atoms with Crippen molar-refractivity contribution in [2.75, 3.05) is 0 Å². The normalized spacial score (nSPS) is 12.0. The van der Waals surface area contributed by atoms with Crippen LogP contribution in [-0.2, 0) is 0 Å². The molecule has 0 amide bonds. The average Bonchev–Trinajstić information content (AvgIpc) is 4.17. The summed E-state index contributed by atoms with van der Waals surface area (Å²) in [5.41, 5.74) is 15.2. The molecule has 0 spiro atoms. The molecule has 15 rings (SSSR count). The molecule has 326 valence electrons. The Balaban J connectivity index is 1.09. The van der Waals surface area contributed by atoms with Gasteiger partial charge in [0.1, 0.15) is 5.82 Å². The van der Waals surface area contributed by atoms with Gasteiger partial charge in [-0.1, -0.05) is 176 Å². The number of fused-ring (bicyclic) bond motifs is 14. The van der Waals surface area contributed by atoms with Gasteiger partial charge in [-0.25, -0.2) is 4.98 Å². The molecule has 10 aromatic carbocycles. The maximum Gasteiger partial charge on any atom is 0.237 e. The fraction of sp³-hybridized carbons (Fsp3) is 0. The van der Waals surface area contributed by atoms with E-state index in [0.717, 1.165) is 99.7 Å². The van der Waals surface area contributed by atoms with E-state index in [1.165, 1.54) is 27.1 Å². The van der Waals surface area contributed by atoms with Gasteiger partial charge in [0.25, 0.3) is 0 Å². The van der Waals surface area contributed by atoms with Gasteiger partial charge in [-0.2, -0.15) is 4.98 Å². The molecule has 0 unspecified atom stereocenters. The zero-order valence-corrected chi connectivity index (χ0v) is 37.8. The Morgan fingerprint density at radius 3 is 1.19 bits per heavy atom. The van der Waals surface area contributed by atoms with E-state index in [-0.39, 0.29) is 0 Å². The third kappa shape index (κ3) is 5.56.